The summed E-state index contributed by atoms with van der Waals surface area (Å²) in [6.45, 7) is 0.292. The van der Waals surface area contributed by atoms with E-state index in [2.05, 4.69) is 10.6 Å². The predicted octanol–water partition coefficient (Wildman–Crippen LogP) is 1.55. The third kappa shape index (κ3) is 5.12. The molecular weight excluding hydrogens is 296 g/mol. The van der Waals surface area contributed by atoms with Crippen molar-refractivity contribution >= 4 is 17.9 Å². The Morgan fingerprint density at radius 1 is 1.13 bits per heavy atom. The molecule has 0 spiro atoms. The van der Waals surface area contributed by atoms with Crippen molar-refractivity contribution in [3.63, 3.8) is 0 Å². The monoisotopic (exact) mass is 314 g/mol. The van der Waals surface area contributed by atoms with Crippen molar-refractivity contribution in [1.29, 1.82) is 0 Å². The summed E-state index contributed by atoms with van der Waals surface area (Å²) in [5.74, 6) is -0.384. The van der Waals surface area contributed by atoms with Crippen molar-refractivity contribution in [2.24, 2.45) is 0 Å². The number of hydrogen-bond donors (Lipinski definition) is 3. The molecule has 0 aliphatic heterocycles. The average Bonchev–Trinajstić information content (AvgIpc) is 3.08. The molecule has 2 aromatic rings. The van der Waals surface area contributed by atoms with Gasteiger partial charge in [-0.2, -0.15) is 0 Å². The van der Waals surface area contributed by atoms with Gasteiger partial charge in [0.15, 0.2) is 0 Å². The van der Waals surface area contributed by atoms with Gasteiger partial charge in [-0.15, -0.1) is 0 Å². The smallest absolute Gasteiger partial charge is 0.267 e. The summed E-state index contributed by atoms with van der Waals surface area (Å²) in [4.78, 5) is 24.4. The van der Waals surface area contributed by atoms with E-state index in [1.807, 2.05) is 0 Å². The van der Waals surface area contributed by atoms with Gasteiger partial charge in [-0.3, -0.25) is 9.59 Å². The molecule has 23 heavy (non-hydrogen) atoms. The summed E-state index contributed by atoms with van der Waals surface area (Å²) < 4.78 is 5.18. The fourth-order valence-electron chi connectivity index (χ4n) is 1.83. The highest BCUT2D eigenvalue weighted by molar-refractivity contribution is 6.05. The van der Waals surface area contributed by atoms with Crippen LogP contribution >= 0.6 is 0 Å². The van der Waals surface area contributed by atoms with E-state index in [1.165, 1.54) is 12.3 Å². The van der Waals surface area contributed by atoms with Crippen LogP contribution in [-0.4, -0.2) is 30.1 Å². The molecule has 6 nitrogen and oxygen atoms in total. The van der Waals surface area contributed by atoms with Gasteiger partial charge in [-0.05, 0) is 30.7 Å². The van der Waals surface area contributed by atoms with Gasteiger partial charge >= 0.3 is 0 Å². The number of hydrogen-bond acceptors (Lipinski definition) is 4. The topological polar surface area (TPSA) is 91.6 Å². The number of benzene rings is 1. The Labute approximate surface area is 133 Å². The second-order valence-electron chi connectivity index (χ2n) is 4.73. The molecule has 0 fully saturated rings. The van der Waals surface area contributed by atoms with Gasteiger partial charge in [0.1, 0.15) is 11.5 Å². The van der Waals surface area contributed by atoms with Crippen molar-refractivity contribution in [2.75, 3.05) is 13.2 Å². The lowest BCUT2D eigenvalue weighted by Crippen LogP contribution is -2.35. The Balaban J connectivity index is 2.13. The van der Waals surface area contributed by atoms with E-state index in [0.717, 1.165) is 0 Å². The van der Waals surface area contributed by atoms with Crippen molar-refractivity contribution < 1.29 is 19.1 Å². The van der Waals surface area contributed by atoms with E-state index in [-0.39, 0.29) is 18.2 Å². The summed E-state index contributed by atoms with van der Waals surface area (Å²) >= 11 is 0. The maximum absolute atomic E-state index is 12.2. The second kappa shape index (κ2) is 8.55. The minimum absolute atomic E-state index is 0.0200. The summed E-state index contributed by atoms with van der Waals surface area (Å²) in [6, 6.07) is 12.0. The van der Waals surface area contributed by atoms with Crippen LogP contribution in [0.25, 0.3) is 6.08 Å². The summed E-state index contributed by atoms with van der Waals surface area (Å²) in [7, 11) is 0. The van der Waals surface area contributed by atoms with E-state index in [0.29, 0.717) is 24.3 Å². The van der Waals surface area contributed by atoms with Crippen LogP contribution in [0.1, 0.15) is 22.5 Å². The fraction of sp³-hybridized carbons (Fsp3) is 0.176. The highest BCUT2D eigenvalue weighted by Crippen LogP contribution is 2.07. The van der Waals surface area contributed by atoms with E-state index in [9.17, 15) is 9.59 Å². The lowest BCUT2D eigenvalue weighted by atomic mass is 10.2. The van der Waals surface area contributed by atoms with Gasteiger partial charge in [0.05, 0.1) is 6.26 Å². The lowest BCUT2D eigenvalue weighted by Gasteiger charge is -2.10. The Morgan fingerprint density at radius 3 is 2.57 bits per heavy atom. The van der Waals surface area contributed by atoms with Crippen molar-refractivity contribution in [3.05, 3.63) is 65.7 Å². The minimum atomic E-state index is -0.445. The first kappa shape index (κ1) is 16.5. The van der Waals surface area contributed by atoms with Gasteiger partial charge < -0.3 is 20.2 Å². The van der Waals surface area contributed by atoms with Crippen LogP contribution < -0.4 is 10.6 Å². The third-order valence-electron chi connectivity index (χ3n) is 2.98. The number of carbonyl (C=O) groups excluding carboxylic acids is 2. The fourth-order valence-corrected chi connectivity index (χ4v) is 1.83. The van der Waals surface area contributed by atoms with Gasteiger partial charge in [0.25, 0.3) is 11.8 Å². The molecule has 0 aliphatic carbocycles. The van der Waals surface area contributed by atoms with Crippen LogP contribution in [0, 0.1) is 0 Å². The highest BCUT2D eigenvalue weighted by Gasteiger charge is 2.14. The summed E-state index contributed by atoms with van der Waals surface area (Å²) in [6.07, 6.45) is 3.37. The molecule has 0 aliphatic rings. The van der Waals surface area contributed by atoms with Crippen LogP contribution in [0.5, 0.6) is 0 Å². The van der Waals surface area contributed by atoms with Gasteiger partial charge in [0.2, 0.25) is 0 Å². The molecule has 0 saturated carbocycles. The Kier molecular flexibility index (Phi) is 6.14. The number of carbonyl (C=O) groups is 2. The van der Waals surface area contributed by atoms with E-state index in [1.54, 1.807) is 42.5 Å². The standard InChI is InChI=1S/C17H18N2O4/c20-10-5-9-18-17(22)15(12-14-8-4-11-23-14)19-16(21)13-6-2-1-3-7-13/h1-4,6-8,11-12,20H,5,9-10H2,(H,18,22)(H,19,21). The first-order valence-corrected chi connectivity index (χ1v) is 7.21. The number of aliphatic hydroxyl groups is 1. The molecule has 2 amide bonds. The molecule has 1 aromatic heterocycles. The molecule has 0 unspecified atom stereocenters. The number of nitrogens with one attached hydrogen (secondary N) is 2. The van der Waals surface area contributed by atoms with Crippen LogP contribution in [-0.2, 0) is 4.79 Å². The third-order valence-corrected chi connectivity index (χ3v) is 2.98. The minimum Gasteiger partial charge on any atom is -0.465 e. The van der Waals surface area contributed by atoms with Crippen LogP contribution in [0.4, 0.5) is 0 Å². The quantitative estimate of drug-likeness (QED) is 0.534. The molecule has 0 saturated heterocycles. The molecule has 6 heteroatoms. The highest BCUT2D eigenvalue weighted by atomic mass is 16.3. The van der Waals surface area contributed by atoms with Gasteiger partial charge in [0, 0.05) is 24.8 Å². The lowest BCUT2D eigenvalue weighted by molar-refractivity contribution is -0.117. The van der Waals surface area contributed by atoms with Gasteiger partial charge in [-0.25, -0.2) is 0 Å². The first-order valence-electron chi connectivity index (χ1n) is 7.21. The Bertz CT molecular complexity index is 663. The zero-order chi connectivity index (χ0) is 16.5. The summed E-state index contributed by atoms with van der Waals surface area (Å²) in [5, 5.41) is 14.0. The number of amides is 2. The van der Waals surface area contributed by atoms with Crippen LogP contribution in [0.2, 0.25) is 0 Å². The second-order valence-corrected chi connectivity index (χ2v) is 4.73. The molecule has 2 rings (SSSR count). The van der Waals surface area contributed by atoms with Crippen LogP contribution in [0.15, 0.2) is 58.8 Å². The summed E-state index contributed by atoms with van der Waals surface area (Å²) in [5.41, 5.74) is 0.521. The maximum Gasteiger partial charge on any atom is 0.267 e. The Morgan fingerprint density at radius 2 is 1.91 bits per heavy atom. The van der Waals surface area contributed by atoms with E-state index in [4.69, 9.17) is 9.52 Å². The van der Waals surface area contributed by atoms with Crippen LogP contribution in [0.3, 0.4) is 0 Å². The van der Waals surface area contributed by atoms with Crippen molar-refractivity contribution in [3.8, 4) is 0 Å². The zero-order valence-corrected chi connectivity index (χ0v) is 12.5. The molecular formula is C17H18N2O4. The molecule has 120 valence electrons. The van der Waals surface area contributed by atoms with Crippen molar-refractivity contribution in [1.82, 2.24) is 10.6 Å². The molecule has 0 atom stereocenters. The molecule has 0 radical (unpaired) electrons. The average molecular weight is 314 g/mol. The molecule has 0 bridgehead atoms. The first-order chi connectivity index (χ1) is 11.2. The molecule has 3 N–H and O–H groups in total. The predicted molar refractivity (Wildman–Crippen MR) is 85.3 cm³/mol. The number of furan rings is 1. The zero-order valence-electron chi connectivity index (χ0n) is 12.5. The largest absolute Gasteiger partial charge is 0.465 e. The van der Waals surface area contributed by atoms with E-state index >= 15 is 0 Å². The molecule has 1 heterocycles. The SMILES string of the molecule is O=C(NCCCO)C(=Cc1ccco1)NC(=O)c1ccccc1. The normalized spacial score (nSPS) is 11.1. The molecule has 1 aromatic carbocycles. The Hall–Kier alpha value is -2.86. The van der Waals surface area contributed by atoms with E-state index < -0.39 is 5.91 Å². The van der Waals surface area contributed by atoms with Crippen molar-refractivity contribution in [2.45, 2.75) is 6.42 Å². The maximum atomic E-state index is 12.2. The number of aliphatic hydroxyl groups excluding tert-OH is 1. The van der Waals surface area contributed by atoms with Gasteiger partial charge in [-0.1, -0.05) is 18.2 Å². The number of rotatable bonds is 7.